The fourth-order valence-corrected chi connectivity index (χ4v) is 2.75. The molecule has 2 rings (SSSR count). The van der Waals surface area contributed by atoms with Crippen molar-refractivity contribution < 1.29 is 9.47 Å². The molecule has 1 aliphatic rings. The number of rotatable bonds is 5. The maximum atomic E-state index is 5.73. The van der Waals surface area contributed by atoms with Crippen molar-refractivity contribution in [1.82, 2.24) is 5.32 Å². The second-order valence-electron chi connectivity index (χ2n) is 4.88. The van der Waals surface area contributed by atoms with Gasteiger partial charge in [-0.1, -0.05) is 18.2 Å². The monoisotopic (exact) mass is 249 g/mol. The zero-order valence-corrected chi connectivity index (χ0v) is 11.5. The lowest BCUT2D eigenvalue weighted by atomic mass is 9.90. The minimum absolute atomic E-state index is 0.303. The molecule has 1 fully saturated rings. The van der Waals surface area contributed by atoms with Crippen LogP contribution in [0.2, 0.25) is 0 Å². The number of para-hydroxylation sites is 1. The van der Waals surface area contributed by atoms with Crippen molar-refractivity contribution in [1.29, 1.82) is 0 Å². The second kappa shape index (κ2) is 6.21. The molecule has 1 aromatic carbocycles. The van der Waals surface area contributed by atoms with Crippen LogP contribution in [-0.2, 0) is 4.74 Å². The summed E-state index contributed by atoms with van der Waals surface area (Å²) >= 11 is 0. The van der Waals surface area contributed by atoms with Crippen LogP contribution in [0.1, 0.15) is 31.9 Å². The Kier molecular flexibility index (Phi) is 4.61. The van der Waals surface area contributed by atoms with Gasteiger partial charge in [0.15, 0.2) is 0 Å². The van der Waals surface area contributed by atoms with Crippen LogP contribution in [0.5, 0.6) is 5.75 Å². The molecule has 0 amide bonds. The number of benzene rings is 1. The second-order valence-corrected chi connectivity index (χ2v) is 4.88. The van der Waals surface area contributed by atoms with Gasteiger partial charge >= 0.3 is 0 Å². The molecule has 1 heterocycles. The Hall–Kier alpha value is -1.06. The Labute approximate surface area is 109 Å². The smallest absolute Gasteiger partial charge is 0.124 e. The molecular formula is C15H23NO2. The van der Waals surface area contributed by atoms with Crippen molar-refractivity contribution in [3.05, 3.63) is 29.8 Å². The largest absolute Gasteiger partial charge is 0.494 e. The normalized spacial score (nSPS) is 25.1. The Morgan fingerprint density at radius 3 is 2.83 bits per heavy atom. The van der Waals surface area contributed by atoms with Crippen LogP contribution >= 0.6 is 0 Å². The lowest BCUT2D eigenvalue weighted by molar-refractivity contribution is 0.117. The summed E-state index contributed by atoms with van der Waals surface area (Å²) in [4.78, 5) is 0. The van der Waals surface area contributed by atoms with Crippen LogP contribution in [0.4, 0.5) is 0 Å². The Balaban J connectivity index is 2.21. The average Bonchev–Trinajstić information content (AvgIpc) is 2.79. The van der Waals surface area contributed by atoms with Gasteiger partial charge in [0, 0.05) is 17.5 Å². The van der Waals surface area contributed by atoms with Crippen LogP contribution in [-0.4, -0.2) is 26.4 Å². The first-order chi connectivity index (χ1) is 8.76. The van der Waals surface area contributed by atoms with Crippen molar-refractivity contribution in [2.45, 2.75) is 32.4 Å². The highest BCUT2D eigenvalue weighted by Gasteiger charge is 2.31. The van der Waals surface area contributed by atoms with Crippen LogP contribution < -0.4 is 10.1 Å². The van der Waals surface area contributed by atoms with Gasteiger partial charge in [-0.2, -0.15) is 0 Å². The Morgan fingerprint density at radius 2 is 2.22 bits per heavy atom. The summed E-state index contributed by atoms with van der Waals surface area (Å²) in [5.74, 6) is 1.51. The molecule has 0 aliphatic carbocycles. The summed E-state index contributed by atoms with van der Waals surface area (Å²) in [7, 11) is 2.01. The van der Waals surface area contributed by atoms with E-state index in [0.717, 1.165) is 18.8 Å². The molecule has 3 heteroatoms. The van der Waals surface area contributed by atoms with Gasteiger partial charge in [0.2, 0.25) is 0 Å². The zero-order chi connectivity index (χ0) is 13.0. The van der Waals surface area contributed by atoms with Gasteiger partial charge in [-0.3, -0.25) is 0 Å². The van der Waals surface area contributed by atoms with Crippen molar-refractivity contribution in [3.8, 4) is 5.75 Å². The SMILES string of the molecule is CCOc1ccccc1C(NC)C1COC(C)C1. The van der Waals surface area contributed by atoms with Gasteiger partial charge in [-0.25, -0.2) is 0 Å². The molecule has 100 valence electrons. The molecule has 18 heavy (non-hydrogen) atoms. The van der Waals surface area contributed by atoms with E-state index in [1.54, 1.807) is 0 Å². The number of hydrogen-bond donors (Lipinski definition) is 1. The van der Waals surface area contributed by atoms with Crippen LogP contribution in [0.15, 0.2) is 24.3 Å². The minimum Gasteiger partial charge on any atom is -0.494 e. The van der Waals surface area contributed by atoms with E-state index in [2.05, 4.69) is 24.4 Å². The van der Waals surface area contributed by atoms with Crippen LogP contribution in [0.3, 0.4) is 0 Å². The lowest BCUT2D eigenvalue weighted by Crippen LogP contribution is -2.26. The van der Waals surface area contributed by atoms with E-state index in [1.807, 2.05) is 26.1 Å². The third-order valence-corrected chi connectivity index (χ3v) is 3.57. The quantitative estimate of drug-likeness (QED) is 0.870. The molecule has 0 aromatic heterocycles. The molecule has 1 saturated heterocycles. The van der Waals surface area contributed by atoms with Crippen molar-refractivity contribution >= 4 is 0 Å². The predicted octanol–water partition coefficient (Wildman–Crippen LogP) is 2.77. The Morgan fingerprint density at radius 1 is 1.44 bits per heavy atom. The predicted molar refractivity (Wildman–Crippen MR) is 72.9 cm³/mol. The average molecular weight is 249 g/mol. The molecule has 3 unspecified atom stereocenters. The summed E-state index contributed by atoms with van der Waals surface area (Å²) in [6.07, 6.45) is 1.47. The number of hydrogen-bond acceptors (Lipinski definition) is 3. The molecule has 0 spiro atoms. The first-order valence-corrected chi connectivity index (χ1v) is 6.76. The topological polar surface area (TPSA) is 30.5 Å². The van der Waals surface area contributed by atoms with Gasteiger partial charge in [0.05, 0.1) is 19.3 Å². The van der Waals surface area contributed by atoms with Gasteiger partial charge < -0.3 is 14.8 Å². The first-order valence-electron chi connectivity index (χ1n) is 6.76. The molecule has 1 aliphatic heterocycles. The molecule has 0 bridgehead atoms. The number of ether oxygens (including phenoxy) is 2. The van der Waals surface area contributed by atoms with E-state index in [-0.39, 0.29) is 0 Å². The van der Waals surface area contributed by atoms with Crippen molar-refractivity contribution in [2.24, 2.45) is 5.92 Å². The molecule has 1 aromatic rings. The standard InChI is InChI=1S/C15H23NO2/c1-4-17-14-8-6-5-7-13(14)15(16-3)12-9-11(2)18-10-12/h5-8,11-12,15-16H,4,9-10H2,1-3H3. The van der Waals surface area contributed by atoms with E-state index in [4.69, 9.17) is 9.47 Å². The van der Waals surface area contributed by atoms with E-state index in [1.165, 1.54) is 5.56 Å². The lowest BCUT2D eigenvalue weighted by Gasteiger charge is -2.24. The fraction of sp³-hybridized carbons (Fsp3) is 0.600. The number of nitrogens with one attached hydrogen (secondary N) is 1. The van der Waals surface area contributed by atoms with E-state index < -0.39 is 0 Å². The van der Waals surface area contributed by atoms with Crippen LogP contribution in [0.25, 0.3) is 0 Å². The summed E-state index contributed by atoms with van der Waals surface area (Å²) in [5.41, 5.74) is 1.24. The highest BCUT2D eigenvalue weighted by Crippen LogP contribution is 2.35. The van der Waals surface area contributed by atoms with E-state index in [9.17, 15) is 0 Å². The highest BCUT2D eigenvalue weighted by molar-refractivity contribution is 5.36. The van der Waals surface area contributed by atoms with Gasteiger partial charge in [-0.05, 0) is 33.4 Å². The summed E-state index contributed by atoms with van der Waals surface area (Å²) in [5, 5.41) is 3.42. The minimum atomic E-state index is 0.303. The van der Waals surface area contributed by atoms with E-state index >= 15 is 0 Å². The molecule has 0 saturated carbocycles. The third-order valence-electron chi connectivity index (χ3n) is 3.57. The van der Waals surface area contributed by atoms with Crippen molar-refractivity contribution in [3.63, 3.8) is 0 Å². The molecular weight excluding hydrogens is 226 g/mol. The van der Waals surface area contributed by atoms with Crippen molar-refractivity contribution in [2.75, 3.05) is 20.3 Å². The van der Waals surface area contributed by atoms with Gasteiger partial charge in [0.25, 0.3) is 0 Å². The zero-order valence-electron chi connectivity index (χ0n) is 11.5. The summed E-state index contributed by atoms with van der Waals surface area (Å²) in [6.45, 7) is 5.69. The third kappa shape index (κ3) is 2.85. The maximum Gasteiger partial charge on any atom is 0.124 e. The first kappa shape index (κ1) is 13.4. The Bertz CT molecular complexity index is 381. The summed E-state index contributed by atoms with van der Waals surface area (Å²) in [6, 6.07) is 8.59. The molecule has 3 nitrogen and oxygen atoms in total. The van der Waals surface area contributed by atoms with E-state index in [0.29, 0.717) is 24.7 Å². The highest BCUT2D eigenvalue weighted by atomic mass is 16.5. The van der Waals surface area contributed by atoms with Crippen LogP contribution in [0, 0.1) is 5.92 Å². The maximum absolute atomic E-state index is 5.73. The summed E-state index contributed by atoms with van der Waals surface area (Å²) < 4.78 is 11.4. The molecule has 1 N–H and O–H groups in total. The fourth-order valence-electron chi connectivity index (χ4n) is 2.75. The van der Waals surface area contributed by atoms with Gasteiger partial charge in [-0.15, -0.1) is 0 Å². The van der Waals surface area contributed by atoms with Gasteiger partial charge in [0.1, 0.15) is 5.75 Å². The molecule has 0 radical (unpaired) electrons. The molecule has 3 atom stereocenters.